The van der Waals surface area contributed by atoms with Crippen molar-refractivity contribution in [1.82, 2.24) is 0 Å². The Bertz CT molecular complexity index is 402. The van der Waals surface area contributed by atoms with E-state index in [1.165, 1.54) is 19.2 Å². The summed E-state index contributed by atoms with van der Waals surface area (Å²) in [6.07, 6.45) is 0.643. The second kappa shape index (κ2) is 5.14. The van der Waals surface area contributed by atoms with Crippen molar-refractivity contribution in [3.8, 4) is 0 Å². The van der Waals surface area contributed by atoms with E-state index in [0.29, 0.717) is 22.4 Å². The van der Waals surface area contributed by atoms with Gasteiger partial charge in [0.05, 0.1) is 18.6 Å². The summed E-state index contributed by atoms with van der Waals surface area (Å²) < 4.78 is 4.50. The number of aldehydes is 1. The molecule has 0 saturated carbocycles. The lowest BCUT2D eigenvalue weighted by atomic mass is 10.1. The van der Waals surface area contributed by atoms with Gasteiger partial charge in [0.2, 0.25) is 0 Å². The topological polar surface area (TPSA) is 43.4 Å². The summed E-state index contributed by atoms with van der Waals surface area (Å²) in [5, 5.41) is 0.597. The van der Waals surface area contributed by atoms with Crippen molar-refractivity contribution in [3.05, 3.63) is 33.3 Å². The fourth-order valence-corrected chi connectivity index (χ4v) is 1.53. The molecule has 0 aliphatic heterocycles. The van der Waals surface area contributed by atoms with Crippen molar-refractivity contribution >= 4 is 35.5 Å². The summed E-state index contributed by atoms with van der Waals surface area (Å²) >= 11 is 11.6. The molecule has 80 valence electrons. The maximum Gasteiger partial charge on any atom is 0.310 e. The van der Waals surface area contributed by atoms with E-state index in [-0.39, 0.29) is 11.4 Å². The van der Waals surface area contributed by atoms with Crippen molar-refractivity contribution < 1.29 is 14.3 Å². The van der Waals surface area contributed by atoms with Gasteiger partial charge in [0.15, 0.2) is 6.29 Å². The van der Waals surface area contributed by atoms with Crippen LogP contribution in [-0.4, -0.2) is 19.4 Å². The number of benzene rings is 1. The second-order valence-corrected chi connectivity index (χ2v) is 3.65. The Hall–Kier alpha value is -1.06. The first-order chi connectivity index (χ1) is 7.08. The number of esters is 1. The molecule has 0 atom stereocenters. The Balaban J connectivity index is 3.05. The fourth-order valence-electron chi connectivity index (χ4n) is 1.06. The molecule has 15 heavy (non-hydrogen) atoms. The number of halogens is 2. The molecule has 0 aromatic heterocycles. The summed E-state index contributed by atoms with van der Waals surface area (Å²) in [6, 6.07) is 2.92. The van der Waals surface area contributed by atoms with Crippen molar-refractivity contribution in [2.75, 3.05) is 7.11 Å². The van der Waals surface area contributed by atoms with E-state index in [0.717, 1.165) is 0 Å². The van der Waals surface area contributed by atoms with E-state index < -0.39 is 5.97 Å². The van der Waals surface area contributed by atoms with Crippen LogP contribution in [0.4, 0.5) is 0 Å². The van der Waals surface area contributed by atoms with Crippen LogP contribution in [0.2, 0.25) is 10.0 Å². The van der Waals surface area contributed by atoms with Gasteiger partial charge in [-0.3, -0.25) is 9.59 Å². The zero-order valence-corrected chi connectivity index (χ0v) is 9.43. The average molecular weight is 247 g/mol. The molecule has 0 aliphatic carbocycles. The minimum absolute atomic E-state index is 0.0359. The van der Waals surface area contributed by atoms with Gasteiger partial charge in [0, 0.05) is 10.6 Å². The molecule has 3 nitrogen and oxygen atoms in total. The molecule has 0 saturated heterocycles. The first kappa shape index (κ1) is 12.0. The molecule has 0 unspecified atom stereocenters. The van der Waals surface area contributed by atoms with Crippen LogP contribution < -0.4 is 0 Å². The van der Waals surface area contributed by atoms with Gasteiger partial charge >= 0.3 is 5.97 Å². The van der Waals surface area contributed by atoms with Gasteiger partial charge in [0.1, 0.15) is 0 Å². The van der Waals surface area contributed by atoms with E-state index in [2.05, 4.69) is 4.74 Å². The quantitative estimate of drug-likeness (QED) is 0.608. The summed E-state index contributed by atoms with van der Waals surface area (Å²) in [5.41, 5.74) is 0.842. The Morgan fingerprint density at radius 1 is 1.40 bits per heavy atom. The Kier molecular flexibility index (Phi) is 4.12. The smallest absolute Gasteiger partial charge is 0.310 e. The first-order valence-electron chi connectivity index (χ1n) is 4.08. The van der Waals surface area contributed by atoms with E-state index in [4.69, 9.17) is 23.2 Å². The molecule has 1 aromatic carbocycles. The van der Waals surface area contributed by atoms with E-state index in [9.17, 15) is 9.59 Å². The zero-order chi connectivity index (χ0) is 11.4. The van der Waals surface area contributed by atoms with Crippen molar-refractivity contribution in [1.29, 1.82) is 0 Å². The summed E-state index contributed by atoms with van der Waals surface area (Å²) in [4.78, 5) is 21.5. The Morgan fingerprint density at radius 3 is 2.60 bits per heavy atom. The third kappa shape index (κ3) is 2.94. The number of carbonyl (C=O) groups is 2. The molecule has 0 radical (unpaired) electrons. The fraction of sp³-hybridized carbons (Fsp3) is 0.200. The zero-order valence-electron chi connectivity index (χ0n) is 7.92. The maximum absolute atomic E-state index is 11.0. The standard InChI is InChI=1S/C10H8Cl2O3/c1-15-10(14)4-6-2-9(12)7(5-13)3-8(6)11/h2-3,5H,4H2,1H3. The summed E-state index contributed by atoms with van der Waals surface area (Å²) in [5.74, 6) is -0.410. The predicted molar refractivity (Wildman–Crippen MR) is 57.6 cm³/mol. The molecule has 0 fully saturated rings. The van der Waals surface area contributed by atoms with Gasteiger partial charge in [-0.2, -0.15) is 0 Å². The van der Waals surface area contributed by atoms with Crippen LogP contribution in [0.1, 0.15) is 15.9 Å². The van der Waals surface area contributed by atoms with Crippen molar-refractivity contribution in [3.63, 3.8) is 0 Å². The second-order valence-electron chi connectivity index (χ2n) is 2.84. The molecule has 0 amide bonds. The third-order valence-corrected chi connectivity index (χ3v) is 2.53. The average Bonchev–Trinajstić information content (AvgIpc) is 2.22. The minimum atomic E-state index is -0.410. The molecule has 5 heteroatoms. The van der Waals surface area contributed by atoms with Gasteiger partial charge in [-0.25, -0.2) is 0 Å². The van der Waals surface area contributed by atoms with Crippen LogP contribution in [0.25, 0.3) is 0 Å². The maximum atomic E-state index is 11.0. The number of hydrogen-bond acceptors (Lipinski definition) is 3. The molecule has 0 N–H and O–H groups in total. The van der Waals surface area contributed by atoms with Gasteiger partial charge in [-0.05, 0) is 17.7 Å². The molecular weight excluding hydrogens is 239 g/mol. The van der Waals surface area contributed by atoms with E-state index in [1.807, 2.05) is 0 Å². The highest BCUT2D eigenvalue weighted by Gasteiger charge is 2.10. The largest absolute Gasteiger partial charge is 0.469 e. The molecule has 1 aromatic rings. The van der Waals surface area contributed by atoms with Crippen molar-refractivity contribution in [2.45, 2.75) is 6.42 Å². The molecule has 0 bridgehead atoms. The number of ether oxygens (including phenoxy) is 1. The lowest BCUT2D eigenvalue weighted by Gasteiger charge is -2.05. The number of hydrogen-bond donors (Lipinski definition) is 0. The normalized spacial score (nSPS) is 9.80. The van der Waals surface area contributed by atoms with Gasteiger partial charge in [-0.1, -0.05) is 23.2 Å². The van der Waals surface area contributed by atoms with Crippen LogP contribution in [-0.2, 0) is 16.0 Å². The number of carbonyl (C=O) groups excluding carboxylic acids is 2. The Morgan fingerprint density at radius 2 is 2.07 bits per heavy atom. The van der Waals surface area contributed by atoms with Crippen LogP contribution in [0, 0.1) is 0 Å². The molecular formula is C10H8Cl2O3. The Labute approximate surface area is 96.9 Å². The monoisotopic (exact) mass is 246 g/mol. The third-order valence-electron chi connectivity index (χ3n) is 1.86. The molecule has 0 aliphatic rings. The van der Waals surface area contributed by atoms with Gasteiger partial charge in [-0.15, -0.1) is 0 Å². The highest BCUT2D eigenvalue weighted by Crippen LogP contribution is 2.24. The summed E-state index contributed by atoms with van der Waals surface area (Å²) in [7, 11) is 1.29. The van der Waals surface area contributed by atoms with Gasteiger partial charge < -0.3 is 4.74 Å². The van der Waals surface area contributed by atoms with E-state index >= 15 is 0 Å². The molecule has 1 rings (SSSR count). The minimum Gasteiger partial charge on any atom is -0.469 e. The van der Waals surface area contributed by atoms with Gasteiger partial charge in [0.25, 0.3) is 0 Å². The highest BCUT2D eigenvalue weighted by atomic mass is 35.5. The van der Waals surface area contributed by atoms with Crippen LogP contribution in [0.15, 0.2) is 12.1 Å². The van der Waals surface area contributed by atoms with Crippen LogP contribution >= 0.6 is 23.2 Å². The van der Waals surface area contributed by atoms with Crippen LogP contribution in [0.5, 0.6) is 0 Å². The highest BCUT2D eigenvalue weighted by molar-refractivity contribution is 6.35. The predicted octanol–water partition coefficient (Wildman–Crippen LogP) is 2.52. The lowest BCUT2D eigenvalue weighted by molar-refractivity contribution is -0.139. The van der Waals surface area contributed by atoms with Crippen LogP contribution in [0.3, 0.4) is 0 Å². The SMILES string of the molecule is COC(=O)Cc1cc(Cl)c(C=O)cc1Cl. The van der Waals surface area contributed by atoms with E-state index in [1.54, 1.807) is 0 Å². The molecule has 0 heterocycles. The number of methoxy groups -OCH3 is 1. The summed E-state index contributed by atoms with van der Waals surface area (Å²) in [6.45, 7) is 0. The lowest BCUT2D eigenvalue weighted by Crippen LogP contribution is -2.05. The van der Waals surface area contributed by atoms with Crippen molar-refractivity contribution in [2.24, 2.45) is 0 Å². The molecule has 0 spiro atoms. The first-order valence-corrected chi connectivity index (χ1v) is 4.84. The number of rotatable bonds is 3.